The van der Waals surface area contributed by atoms with Gasteiger partial charge in [-0.05, 0) is 18.6 Å². The van der Waals surface area contributed by atoms with Crippen molar-refractivity contribution in [3.05, 3.63) is 29.7 Å². The highest BCUT2D eigenvalue weighted by molar-refractivity contribution is 6.14. The van der Waals surface area contributed by atoms with Crippen LogP contribution in [-0.2, 0) is 6.54 Å². The molecule has 2 rings (SSSR count). The molecule has 0 saturated carbocycles. The van der Waals surface area contributed by atoms with E-state index in [-0.39, 0.29) is 0 Å². The van der Waals surface area contributed by atoms with Crippen LogP contribution in [0, 0.1) is 0 Å². The molecule has 0 amide bonds. The van der Waals surface area contributed by atoms with Gasteiger partial charge in [-0.15, -0.1) is 0 Å². The van der Waals surface area contributed by atoms with Gasteiger partial charge in [0.15, 0.2) is 0 Å². The molecule has 68 valence electrons. The molecule has 1 aliphatic rings. The molecular weight excluding hydrogens is 186 g/mol. The Bertz CT molecular complexity index is 373. The Morgan fingerprint density at radius 3 is 3.15 bits per heavy atom. The molecule has 0 saturated heterocycles. The third-order valence-corrected chi connectivity index (χ3v) is 2.33. The number of hydrogen-bond acceptors (Lipinski definition) is 3. The minimum absolute atomic E-state index is 0.619. The molecule has 0 aromatic carbocycles. The standard InChI is InChI=1S/C9H10ClN3/c1-6-4-13(10)5-7-8(11)2-3-12-9(6)7/h2-4H,5H2,1H3,(H2,11,12). The van der Waals surface area contributed by atoms with Gasteiger partial charge in [-0.25, -0.2) is 0 Å². The second kappa shape index (κ2) is 2.92. The number of nitrogen functional groups attached to an aromatic ring is 1. The number of pyridine rings is 1. The molecule has 2 heterocycles. The number of rotatable bonds is 0. The van der Waals surface area contributed by atoms with Gasteiger partial charge in [-0.3, -0.25) is 9.40 Å². The van der Waals surface area contributed by atoms with Crippen LogP contribution >= 0.6 is 11.8 Å². The zero-order valence-corrected chi connectivity index (χ0v) is 8.04. The summed E-state index contributed by atoms with van der Waals surface area (Å²) in [6.45, 7) is 2.59. The molecule has 0 radical (unpaired) electrons. The lowest BCUT2D eigenvalue weighted by molar-refractivity contribution is 0.589. The second-order valence-electron chi connectivity index (χ2n) is 3.10. The number of nitrogens with two attached hydrogens (primary N) is 1. The first-order valence-electron chi connectivity index (χ1n) is 4.03. The van der Waals surface area contributed by atoms with Crippen molar-refractivity contribution in [3.8, 4) is 0 Å². The van der Waals surface area contributed by atoms with E-state index < -0.39 is 0 Å². The molecule has 0 spiro atoms. The van der Waals surface area contributed by atoms with Crippen LogP contribution in [0.15, 0.2) is 18.5 Å². The summed E-state index contributed by atoms with van der Waals surface area (Å²) in [5, 5.41) is 0. The monoisotopic (exact) mass is 195 g/mol. The molecule has 13 heavy (non-hydrogen) atoms. The third kappa shape index (κ3) is 1.35. The van der Waals surface area contributed by atoms with Gasteiger partial charge < -0.3 is 5.73 Å². The number of allylic oxidation sites excluding steroid dienone is 1. The van der Waals surface area contributed by atoms with Crippen LogP contribution in [0.5, 0.6) is 0 Å². The number of halogens is 1. The van der Waals surface area contributed by atoms with E-state index in [9.17, 15) is 0 Å². The van der Waals surface area contributed by atoms with Gasteiger partial charge in [0.2, 0.25) is 0 Å². The van der Waals surface area contributed by atoms with Crippen LogP contribution < -0.4 is 5.73 Å². The van der Waals surface area contributed by atoms with Crippen LogP contribution in [0.4, 0.5) is 5.69 Å². The first-order valence-corrected chi connectivity index (χ1v) is 4.37. The highest BCUT2D eigenvalue weighted by Gasteiger charge is 2.16. The van der Waals surface area contributed by atoms with Crippen molar-refractivity contribution in [2.45, 2.75) is 13.5 Å². The summed E-state index contributed by atoms with van der Waals surface area (Å²) in [6.07, 6.45) is 3.58. The van der Waals surface area contributed by atoms with Crippen LogP contribution in [0.1, 0.15) is 18.2 Å². The summed E-state index contributed by atoms with van der Waals surface area (Å²) in [6, 6.07) is 1.79. The van der Waals surface area contributed by atoms with Crippen molar-refractivity contribution in [1.29, 1.82) is 0 Å². The van der Waals surface area contributed by atoms with E-state index in [4.69, 9.17) is 17.5 Å². The maximum atomic E-state index is 5.88. The molecule has 0 unspecified atom stereocenters. The minimum Gasteiger partial charge on any atom is -0.398 e. The van der Waals surface area contributed by atoms with Gasteiger partial charge in [0.05, 0.1) is 12.2 Å². The summed E-state index contributed by atoms with van der Waals surface area (Å²) in [4.78, 5) is 4.26. The van der Waals surface area contributed by atoms with Crippen molar-refractivity contribution in [1.82, 2.24) is 9.40 Å². The Labute approximate surface area is 81.9 Å². The molecule has 1 aromatic heterocycles. The predicted molar refractivity (Wildman–Crippen MR) is 53.7 cm³/mol. The van der Waals surface area contributed by atoms with Crippen molar-refractivity contribution in [2.24, 2.45) is 0 Å². The number of nitrogens with zero attached hydrogens (tertiary/aromatic N) is 2. The third-order valence-electron chi connectivity index (χ3n) is 2.11. The topological polar surface area (TPSA) is 42.1 Å². The maximum Gasteiger partial charge on any atom is 0.0744 e. The largest absolute Gasteiger partial charge is 0.398 e. The lowest BCUT2D eigenvalue weighted by Crippen LogP contribution is -2.14. The molecule has 0 aliphatic carbocycles. The summed E-state index contributed by atoms with van der Waals surface area (Å²) in [7, 11) is 0. The van der Waals surface area contributed by atoms with E-state index in [0.29, 0.717) is 6.54 Å². The quantitative estimate of drug-likeness (QED) is 0.644. The molecule has 0 atom stereocenters. The molecule has 1 aromatic rings. The Morgan fingerprint density at radius 1 is 1.62 bits per heavy atom. The van der Waals surface area contributed by atoms with Gasteiger partial charge >= 0.3 is 0 Å². The van der Waals surface area contributed by atoms with E-state index in [2.05, 4.69) is 4.98 Å². The van der Waals surface area contributed by atoms with Crippen molar-refractivity contribution >= 4 is 23.0 Å². The molecule has 4 heteroatoms. The van der Waals surface area contributed by atoms with Crippen molar-refractivity contribution < 1.29 is 0 Å². The van der Waals surface area contributed by atoms with Crippen molar-refractivity contribution in [3.63, 3.8) is 0 Å². The summed E-state index contributed by atoms with van der Waals surface area (Å²) < 4.78 is 1.59. The van der Waals surface area contributed by atoms with Gasteiger partial charge in [0.25, 0.3) is 0 Å². The molecule has 2 N–H and O–H groups in total. The number of hydrogen-bond donors (Lipinski definition) is 1. The smallest absolute Gasteiger partial charge is 0.0744 e. The Kier molecular flexibility index (Phi) is 1.88. The number of anilines is 1. The summed E-state index contributed by atoms with van der Waals surface area (Å²) >= 11 is 5.88. The normalized spacial score (nSPS) is 15.2. The maximum absolute atomic E-state index is 5.88. The second-order valence-corrected chi connectivity index (χ2v) is 3.53. The van der Waals surface area contributed by atoms with E-state index in [1.807, 2.05) is 13.1 Å². The molecule has 0 fully saturated rings. The highest BCUT2D eigenvalue weighted by Crippen LogP contribution is 2.28. The highest BCUT2D eigenvalue weighted by atomic mass is 35.5. The van der Waals surface area contributed by atoms with Gasteiger partial charge in [0.1, 0.15) is 0 Å². The average molecular weight is 196 g/mol. The van der Waals surface area contributed by atoms with Crippen molar-refractivity contribution in [2.75, 3.05) is 5.73 Å². The first kappa shape index (κ1) is 8.38. The Morgan fingerprint density at radius 2 is 2.38 bits per heavy atom. The average Bonchev–Trinajstić information content (AvgIpc) is 2.07. The van der Waals surface area contributed by atoms with Crippen LogP contribution in [0.3, 0.4) is 0 Å². The fraction of sp³-hybridized carbons (Fsp3) is 0.222. The summed E-state index contributed by atoms with van der Waals surface area (Å²) in [5.74, 6) is 0. The van der Waals surface area contributed by atoms with Gasteiger partial charge in [-0.1, -0.05) is 0 Å². The van der Waals surface area contributed by atoms with Crippen LogP contribution in [-0.4, -0.2) is 9.40 Å². The van der Waals surface area contributed by atoms with Gasteiger partial charge in [-0.2, -0.15) is 0 Å². The van der Waals surface area contributed by atoms with E-state index >= 15 is 0 Å². The minimum atomic E-state index is 0.619. The Hall–Kier alpha value is -1.22. The molecular formula is C9H10ClN3. The Balaban J connectivity index is 2.59. The number of fused-ring (bicyclic) bond motifs is 1. The zero-order valence-electron chi connectivity index (χ0n) is 7.29. The fourth-order valence-corrected chi connectivity index (χ4v) is 1.75. The molecule has 3 nitrogen and oxygen atoms in total. The number of aromatic nitrogens is 1. The SMILES string of the molecule is CC1=CN(Cl)Cc2c(N)ccnc21. The van der Waals surface area contributed by atoms with Gasteiger partial charge in [0, 0.05) is 35.4 Å². The summed E-state index contributed by atoms with van der Waals surface area (Å²) in [5.41, 5.74) is 9.58. The van der Waals surface area contributed by atoms with E-state index in [0.717, 1.165) is 22.5 Å². The van der Waals surface area contributed by atoms with E-state index in [1.54, 1.807) is 16.7 Å². The van der Waals surface area contributed by atoms with E-state index in [1.165, 1.54) is 0 Å². The van der Waals surface area contributed by atoms with Crippen LogP contribution in [0.2, 0.25) is 0 Å². The van der Waals surface area contributed by atoms with Crippen LogP contribution in [0.25, 0.3) is 5.57 Å². The lowest BCUT2D eigenvalue weighted by atomic mass is 10.0. The zero-order chi connectivity index (χ0) is 9.42. The molecule has 1 aliphatic heterocycles. The predicted octanol–water partition coefficient (Wildman–Crippen LogP) is 1.99. The fourth-order valence-electron chi connectivity index (χ4n) is 1.48. The molecule has 0 bridgehead atoms. The lowest BCUT2D eigenvalue weighted by Gasteiger charge is -2.21. The first-order chi connectivity index (χ1) is 6.18.